The molecule has 10 heteroatoms. The molecule has 4 rings (SSSR count). The maximum absolute atomic E-state index is 12.5. The number of nitrogen functional groups attached to an aromatic ring is 1. The van der Waals surface area contributed by atoms with Crippen LogP contribution in [0.3, 0.4) is 0 Å². The van der Waals surface area contributed by atoms with Gasteiger partial charge >= 0.3 is 0 Å². The van der Waals surface area contributed by atoms with Gasteiger partial charge in [0.05, 0.1) is 17.6 Å². The monoisotopic (exact) mass is 461 g/mol. The summed E-state index contributed by atoms with van der Waals surface area (Å²) in [6.45, 7) is 1.59. The van der Waals surface area contributed by atoms with E-state index in [1.54, 1.807) is 18.2 Å². The summed E-state index contributed by atoms with van der Waals surface area (Å²) >= 11 is 0. The molecule has 1 aromatic carbocycles. The van der Waals surface area contributed by atoms with Crippen LogP contribution < -0.4 is 20.5 Å². The Morgan fingerprint density at radius 2 is 1.84 bits per heavy atom. The van der Waals surface area contributed by atoms with E-state index in [1.165, 1.54) is 44.2 Å². The van der Waals surface area contributed by atoms with Crippen LogP contribution in [0, 0.1) is 5.92 Å². The van der Waals surface area contributed by atoms with E-state index in [1.807, 2.05) is 0 Å². The standard InChI is InChI=1S/C22H31N5O4S/c23-20-13-21(31-15-16-5-2-1-3-6-16)27-22(26-20)25-17-8-10-19(11-9-17)32(28,29)24-14-18-7-4-12-30-18/h8-11,13,16,18,24H,1-7,12,14-15H2,(H3,23,25,26,27). The number of hydrogen-bond donors (Lipinski definition) is 3. The van der Waals surface area contributed by atoms with E-state index in [0.717, 1.165) is 12.8 Å². The van der Waals surface area contributed by atoms with E-state index in [2.05, 4.69) is 20.0 Å². The van der Waals surface area contributed by atoms with E-state index in [0.29, 0.717) is 42.5 Å². The Morgan fingerprint density at radius 1 is 1.06 bits per heavy atom. The van der Waals surface area contributed by atoms with Crippen molar-refractivity contribution in [3.63, 3.8) is 0 Å². The zero-order valence-electron chi connectivity index (χ0n) is 18.1. The van der Waals surface area contributed by atoms with E-state index in [-0.39, 0.29) is 17.5 Å². The van der Waals surface area contributed by atoms with Gasteiger partial charge in [-0.15, -0.1) is 0 Å². The van der Waals surface area contributed by atoms with Gasteiger partial charge in [0, 0.05) is 24.9 Å². The molecule has 1 saturated heterocycles. The highest BCUT2D eigenvalue weighted by Crippen LogP contribution is 2.25. The van der Waals surface area contributed by atoms with E-state index >= 15 is 0 Å². The van der Waals surface area contributed by atoms with Crippen LogP contribution in [-0.4, -0.2) is 44.2 Å². The summed E-state index contributed by atoms with van der Waals surface area (Å²) in [7, 11) is -3.60. The molecule has 1 saturated carbocycles. The Balaban J connectivity index is 1.35. The van der Waals surface area contributed by atoms with Crippen molar-refractivity contribution in [2.24, 2.45) is 5.92 Å². The smallest absolute Gasteiger partial charge is 0.240 e. The predicted octanol–water partition coefficient (Wildman–Crippen LogP) is 3.22. The number of ether oxygens (including phenoxy) is 2. The second kappa shape index (κ2) is 10.5. The molecule has 0 amide bonds. The van der Waals surface area contributed by atoms with Crippen molar-refractivity contribution >= 4 is 27.5 Å². The van der Waals surface area contributed by atoms with Crippen molar-refractivity contribution in [2.75, 3.05) is 30.8 Å². The molecule has 1 aliphatic carbocycles. The number of nitrogens with two attached hydrogens (primary N) is 1. The van der Waals surface area contributed by atoms with Gasteiger partial charge in [-0.1, -0.05) is 19.3 Å². The molecule has 4 N–H and O–H groups in total. The maximum atomic E-state index is 12.5. The predicted molar refractivity (Wildman–Crippen MR) is 122 cm³/mol. The summed E-state index contributed by atoms with van der Waals surface area (Å²) in [4.78, 5) is 8.77. The summed E-state index contributed by atoms with van der Waals surface area (Å²) < 4.78 is 39.0. The number of sulfonamides is 1. The lowest BCUT2D eigenvalue weighted by Gasteiger charge is -2.21. The lowest BCUT2D eigenvalue weighted by atomic mass is 9.90. The van der Waals surface area contributed by atoms with Crippen molar-refractivity contribution in [1.82, 2.24) is 14.7 Å². The lowest BCUT2D eigenvalue weighted by molar-refractivity contribution is 0.114. The second-order valence-electron chi connectivity index (χ2n) is 8.41. The minimum Gasteiger partial charge on any atom is -0.477 e. The molecule has 0 bridgehead atoms. The highest BCUT2D eigenvalue weighted by molar-refractivity contribution is 7.89. The first-order valence-corrected chi connectivity index (χ1v) is 12.7. The summed E-state index contributed by atoms with van der Waals surface area (Å²) in [6.07, 6.45) is 7.96. The van der Waals surface area contributed by atoms with E-state index in [4.69, 9.17) is 15.2 Å². The average Bonchev–Trinajstić information content (AvgIpc) is 3.31. The molecule has 174 valence electrons. The average molecular weight is 462 g/mol. The van der Waals surface area contributed by atoms with Gasteiger partial charge in [-0.3, -0.25) is 0 Å². The Bertz CT molecular complexity index is 988. The van der Waals surface area contributed by atoms with Crippen LogP contribution in [0.15, 0.2) is 35.2 Å². The number of nitrogens with zero attached hydrogens (tertiary/aromatic N) is 2. The molecule has 9 nitrogen and oxygen atoms in total. The zero-order chi connectivity index (χ0) is 22.4. The largest absolute Gasteiger partial charge is 0.477 e. The highest BCUT2D eigenvalue weighted by Gasteiger charge is 2.20. The molecule has 1 unspecified atom stereocenters. The summed E-state index contributed by atoms with van der Waals surface area (Å²) in [5.41, 5.74) is 6.56. The normalized spacial score (nSPS) is 19.7. The summed E-state index contributed by atoms with van der Waals surface area (Å²) in [5, 5.41) is 3.06. The van der Waals surface area contributed by atoms with Gasteiger partial charge in [0.15, 0.2) is 0 Å². The van der Waals surface area contributed by atoms with Crippen LogP contribution in [-0.2, 0) is 14.8 Å². The first-order chi connectivity index (χ1) is 15.5. The molecular weight excluding hydrogens is 430 g/mol. The van der Waals surface area contributed by atoms with Crippen molar-refractivity contribution in [3.8, 4) is 5.88 Å². The molecule has 1 aromatic heterocycles. The van der Waals surface area contributed by atoms with Gasteiger partial charge < -0.3 is 20.5 Å². The van der Waals surface area contributed by atoms with Gasteiger partial charge in [-0.05, 0) is 55.9 Å². The van der Waals surface area contributed by atoms with Crippen molar-refractivity contribution in [2.45, 2.75) is 55.9 Å². The molecule has 0 spiro atoms. The fraction of sp³-hybridized carbons (Fsp3) is 0.545. The van der Waals surface area contributed by atoms with Crippen LogP contribution in [0.2, 0.25) is 0 Å². The van der Waals surface area contributed by atoms with Crippen LogP contribution in [0.5, 0.6) is 5.88 Å². The minimum absolute atomic E-state index is 0.0547. The van der Waals surface area contributed by atoms with Crippen LogP contribution in [0.1, 0.15) is 44.9 Å². The van der Waals surface area contributed by atoms with E-state index < -0.39 is 10.0 Å². The topological polar surface area (TPSA) is 128 Å². The SMILES string of the molecule is Nc1cc(OCC2CCCCC2)nc(Nc2ccc(S(=O)(=O)NCC3CCCO3)cc2)n1. The summed E-state index contributed by atoms with van der Waals surface area (Å²) in [6, 6.07) is 8.01. The quantitative estimate of drug-likeness (QED) is 0.519. The van der Waals surface area contributed by atoms with Gasteiger partial charge in [-0.2, -0.15) is 9.97 Å². The Morgan fingerprint density at radius 3 is 2.56 bits per heavy atom. The Kier molecular flexibility index (Phi) is 7.44. The fourth-order valence-corrected chi connectivity index (χ4v) is 5.13. The Labute approximate surface area is 189 Å². The van der Waals surface area contributed by atoms with Crippen LogP contribution in [0.25, 0.3) is 0 Å². The lowest BCUT2D eigenvalue weighted by Crippen LogP contribution is -2.31. The number of aromatic nitrogens is 2. The van der Waals surface area contributed by atoms with Crippen LogP contribution >= 0.6 is 0 Å². The Hall–Kier alpha value is -2.43. The molecule has 1 aliphatic heterocycles. The van der Waals surface area contributed by atoms with Gasteiger partial charge in [0.2, 0.25) is 21.9 Å². The van der Waals surface area contributed by atoms with Gasteiger partial charge in [0.1, 0.15) is 5.82 Å². The van der Waals surface area contributed by atoms with Gasteiger partial charge in [-0.25, -0.2) is 13.1 Å². The molecule has 2 heterocycles. The molecule has 2 fully saturated rings. The second-order valence-corrected chi connectivity index (χ2v) is 10.2. The fourth-order valence-electron chi connectivity index (χ4n) is 4.07. The maximum Gasteiger partial charge on any atom is 0.240 e. The third-order valence-electron chi connectivity index (χ3n) is 5.86. The number of hydrogen-bond acceptors (Lipinski definition) is 8. The van der Waals surface area contributed by atoms with E-state index in [9.17, 15) is 8.42 Å². The zero-order valence-corrected chi connectivity index (χ0v) is 18.9. The van der Waals surface area contributed by atoms with Crippen molar-refractivity contribution in [1.29, 1.82) is 0 Å². The van der Waals surface area contributed by atoms with Crippen molar-refractivity contribution < 1.29 is 17.9 Å². The van der Waals surface area contributed by atoms with Crippen LogP contribution in [0.4, 0.5) is 17.5 Å². The molecule has 32 heavy (non-hydrogen) atoms. The number of benzene rings is 1. The van der Waals surface area contributed by atoms with Crippen molar-refractivity contribution in [3.05, 3.63) is 30.3 Å². The number of anilines is 3. The highest BCUT2D eigenvalue weighted by atomic mass is 32.2. The first-order valence-electron chi connectivity index (χ1n) is 11.2. The first kappa shape index (κ1) is 22.8. The third kappa shape index (κ3) is 6.30. The number of rotatable bonds is 9. The third-order valence-corrected chi connectivity index (χ3v) is 7.30. The molecule has 2 aliphatic rings. The number of nitrogens with one attached hydrogen (secondary N) is 2. The minimum atomic E-state index is -3.60. The molecule has 1 atom stereocenters. The molecular formula is C22H31N5O4S. The summed E-state index contributed by atoms with van der Waals surface area (Å²) in [5.74, 6) is 1.59. The molecule has 2 aromatic rings. The molecule has 0 radical (unpaired) electrons. The van der Waals surface area contributed by atoms with Gasteiger partial charge in [0.25, 0.3) is 0 Å².